The molecule has 1 aromatic rings. The minimum atomic E-state index is 0.671. The lowest BCUT2D eigenvalue weighted by Gasteiger charge is -1.96. The molecule has 0 atom stereocenters. The van der Waals surface area contributed by atoms with E-state index in [4.69, 9.17) is 0 Å². The molecule has 0 aromatic heterocycles. The second-order valence-corrected chi connectivity index (χ2v) is 4.81. The van der Waals surface area contributed by atoms with Gasteiger partial charge in [-0.2, -0.15) is 0 Å². The summed E-state index contributed by atoms with van der Waals surface area (Å²) in [6.45, 7) is 2.23. The SMILES string of the molecule is CCCCCCCCC#CC#Cc1ccc(C=O)cc1. The fourth-order valence-corrected chi connectivity index (χ4v) is 1.85. The lowest BCUT2D eigenvalue weighted by Crippen LogP contribution is -1.79. The van der Waals surface area contributed by atoms with E-state index in [9.17, 15) is 4.79 Å². The summed E-state index contributed by atoms with van der Waals surface area (Å²) in [6.07, 6.45) is 9.53. The number of carbonyl (C=O) groups is 1. The zero-order valence-corrected chi connectivity index (χ0v) is 12.2. The van der Waals surface area contributed by atoms with Crippen LogP contribution < -0.4 is 0 Å². The third-order valence-corrected chi connectivity index (χ3v) is 3.06. The van der Waals surface area contributed by atoms with Crippen molar-refractivity contribution in [3.63, 3.8) is 0 Å². The van der Waals surface area contributed by atoms with E-state index >= 15 is 0 Å². The van der Waals surface area contributed by atoms with Crippen LogP contribution in [0.5, 0.6) is 0 Å². The summed E-state index contributed by atoms with van der Waals surface area (Å²) in [7, 11) is 0. The highest BCUT2D eigenvalue weighted by Gasteiger charge is 1.89. The molecular weight excluding hydrogens is 244 g/mol. The maximum absolute atomic E-state index is 10.5. The lowest BCUT2D eigenvalue weighted by molar-refractivity contribution is 0.112. The molecule has 0 heterocycles. The van der Waals surface area contributed by atoms with Gasteiger partial charge in [-0.3, -0.25) is 4.79 Å². The fraction of sp³-hybridized carbons (Fsp3) is 0.421. The summed E-state index contributed by atoms with van der Waals surface area (Å²) in [6, 6.07) is 7.21. The first-order valence-electron chi connectivity index (χ1n) is 7.41. The van der Waals surface area contributed by atoms with Crippen molar-refractivity contribution in [1.29, 1.82) is 0 Å². The molecule has 0 fully saturated rings. The fourth-order valence-electron chi connectivity index (χ4n) is 1.85. The Morgan fingerprint density at radius 1 is 0.950 bits per heavy atom. The van der Waals surface area contributed by atoms with E-state index in [1.54, 1.807) is 12.1 Å². The maximum atomic E-state index is 10.5. The van der Waals surface area contributed by atoms with Crippen molar-refractivity contribution in [1.82, 2.24) is 0 Å². The summed E-state index contributed by atoms with van der Waals surface area (Å²) in [5.41, 5.74) is 1.56. The number of aldehydes is 1. The minimum absolute atomic E-state index is 0.671. The van der Waals surface area contributed by atoms with E-state index < -0.39 is 0 Å². The second-order valence-electron chi connectivity index (χ2n) is 4.81. The first-order valence-corrected chi connectivity index (χ1v) is 7.41. The van der Waals surface area contributed by atoms with Gasteiger partial charge < -0.3 is 0 Å². The molecule has 1 aromatic carbocycles. The second kappa shape index (κ2) is 10.9. The summed E-state index contributed by atoms with van der Waals surface area (Å²) in [5.74, 6) is 11.8. The predicted molar refractivity (Wildman–Crippen MR) is 84.5 cm³/mol. The number of hydrogen-bond acceptors (Lipinski definition) is 1. The van der Waals surface area contributed by atoms with Gasteiger partial charge in [-0.05, 0) is 30.4 Å². The van der Waals surface area contributed by atoms with E-state index in [0.717, 1.165) is 18.3 Å². The Bertz CT molecular complexity index is 503. The Hall–Kier alpha value is -1.99. The zero-order valence-electron chi connectivity index (χ0n) is 12.2. The van der Waals surface area contributed by atoms with Crippen LogP contribution in [0.25, 0.3) is 0 Å². The lowest BCUT2D eigenvalue weighted by atomic mass is 10.1. The smallest absolute Gasteiger partial charge is 0.150 e. The quantitative estimate of drug-likeness (QED) is 0.400. The first-order chi connectivity index (χ1) is 9.86. The third kappa shape index (κ3) is 7.45. The van der Waals surface area contributed by atoms with Crippen LogP contribution in [0.4, 0.5) is 0 Å². The molecule has 0 bridgehead atoms. The molecule has 20 heavy (non-hydrogen) atoms. The van der Waals surface area contributed by atoms with E-state index in [2.05, 4.69) is 30.6 Å². The van der Waals surface area contributed by atoms with Crippen LogP contribution in [0, 0.1) is 23.7 Å². The first kappa shape index (κ1) is 16.1. The van der Waals surface area contributed by atoms with Gasteiger partial charge in [0.1, 0.15) is 6.29 Å². The van der Waals surface area contributed by atoms with Crippen molar-refractivity contribution in [3.8, 4) is 23.7 Å². The van der Waals surface area contributed by atoms with Crippen LogP contribution in [0.1, 0.15) is 67.8 Å². The Kier molecular flexibility index (Phi) is 8.75. The monoisotopic (exact) mass is 266 g/mol. The average Bonchev–Trinajstić information content (AvgIpc) is 2.50. The molecule has 0 saturated heterocycles. The average molecular weight is 266 g/mol. The number of rotatable bonds is 7. The van der Waals surface area contributed by atoms with Crippen molar-refractivity contribution in [3.05, 3.63) is 35.4 Å². The van der Waals surface area contributed by atoms with Crippen molar-refractivity contribution in [2.45, 2.75) is 51.9 Å². The highest BCUT2D eigenvalue weighted by Crippen LogP contribution is 2.06. The molecule has 0 aliphatic rings. The summed E-state index contributed by atoms with van der Waals surface area (Å²) >= 11 is 0. The molecule has 0 aliphatic heterocycles. The summed E-state index contributed by atoms with van der Waals surface area (Å²) in [4.78, 5) is 10.5. The van der Waals surface area contributed by atoms with Gasteiger partial charge in [0.15, 0.2) is 0 Å². The molecule has 1 heteroatoms. The normalized spacial score (nSPS) is 9.05. The molecule has 0 unspecified atom stereocenters. The van der Waals surface area contributed by atoms with Gasteiger partial charge in [-0.25, -0.2) is 0 Å². The topological polar surface area (TPSA) is 17.1 Å². The van der Waals surface area contributed by atoms with Crippen molar-refractivity contribution >= 4 is 6.29 Å². The standard InChI is InChI=1S/C19H22O/c1-2-3-4-5-6-7-8-9-10-11-12-18-13-15-19(17-20)16-14-18/h13-17H,2-8H2,1H3. The number of carbonyl (C=O) groups excluding carboxylic acids is 1. The van der Waals surface area contributed by atoms with Crippen LogP contribution >= 0.6 is 0 Å². The van der Waals surface area contributed by atoms with Crippen molar-refractivity contribution < 1.29 is 4.79 Å². The van der Waals surface area contributed by atoms with E-state index in [1.165, 1.54) is 38.5 Å². The number of unbranched alkanes of at least 4 members (excludes halogenated alkanes) is 6. The molecule has 0 radical (unpaired) electrons. The van der Waals surface area contributed by atoms with Crippen LogP contribution in [-0.4, -0.2) is 6.29 Å². The van der Waals surface area contributed by atoms with Gasteiger partial charge in [-0.15, -0.1) is 0 Å². The number of hydrogen-bond donors (Lipinski definition) is 0. The maximum Gasteiger partial charge on any atom is 0.150 e. The Balaban J connectivity index is 2.21. The van der Waals surface area contributed by atoms with Gasteiger partial charge in [0.2, 0.25) is 0 Å². The van der Waals surface area contributed by atoms with Gasteiger partial charge in [0.05, 0.1) is 0 Å². The molecule has 0 saturated carbocycles. The summed E-state index contributed by atoms with van der Waals surface area (Å²) in [5, 5.41) is 0. The Morgan fingerprint density at radius 3 is 2.35 bits per heavy atom. The third-order valence-electron chi connectivity index (χ3n) is 3.06. The molecule has 104 valence electrons. The minimum Gasteiger partial charge on any atom is -0.298 e. The Labute approximate surface area is 122 Å². The predicted octanol–water partition coefficient (Wildman–Crippen LogP) is 4.60. The van der Waals surface area contributed by atoms with Crippen LogP contribution in [0.15, 0.2) is 24.3 Å². The summed E-state index contributed by atoms with van der Waals surface area (Å²) < 4.78 is 0. The molecule has 0 spiro atoms. The molecule has 1 rings (SSSR count). The highest BCUT2D eigenvalue weighted by molar-refractivity contribution is 5.74. The van der Waals surface area contributed by atoms with Crippen molar-refractivity contribution in [2.75, 3.05) is 0 Å². The Morgan fingerprint density at radius 2 is 1.65 bits per heavy atom. The van der Waals surface area contributed by atoms with Gasteiger partial charge in [0, 0.05) is 17.5 Å². The van der Waals surface area contributed by atoms with Crippen LogP contribution in [-0.2, 0) is 0 Å². The van der Waals surface area contributed by atoms with Crippen LogP contribution in [0.2, 0.25) is 0 Å². The van der Waals surface area contributed by atoms with Gasteiger partial charge in [-0.1, -0.05) is 63.0 Å². The largest absolute Gasteiger partial charge is 0.298 e. The van der Waals surface area contributed by atoms with Gasteiger partial charge >= 0.3 is 0 Å². The van der Waals surface area contributed by atoms with E-state index in [1.807, 2.05) is 12.1 Å². The van der Waals surface area contributed by atoms with Gasteiger partial charge in [0.25, 0.3) is 0 Å². The molecule has 0 aliphatic carbocycles. The zero-order chi connectivity index (χ0) is 14.5. The van der Waals surface area contributed by atoms with Crippen LogP contribution in [0.3, 0.4) is 0 Å². The molecular formula is C19H22O. The van der Waals surface area contributed by atoms with E-state index in [0.29, 0.717) is 5.56 Å². The molecule has 0 N–H and O–H groups in total. The molecule has 1 nitrogen and oxygen atoms in total. The van der Waals surface area contributed by atoms with Crippen molar-refractivity contribution in [2.24, 2.45) is 0 Å². The number of benzene rings is 1. The molecule has 0 amide bonds. The van der Waals surface area contributed by atoms with E-state index in [-0.39, 0.29) is 0 Å². The highest BCUT2D eigenvalue weighted by atomic mass is 16.1.